The first-order valence-electron chi connectivity index (χ1n) is 7.50. The van der Waals surface area contributed by atoms with Gasteiger partial charge in [0.05, 0.1) is 23.9 Å². The van der Waals surface area contributed by atoms with Gasteiger partial charge in [-0.2, -0.15) is 0 Å². The maximum absolute atomic E-state index is 12.3. The number of aliphatic hydroxyl groups excluding tert-OH is 1. The van der Waals surface area contributed by atoms with Gasteiger partial charge in [-0.1, -0.05) is 26.0 Å². The Morgan fingerprint density at radius 2 is 2.00 bits per heavy atom. The molecular formula is C17H22N2O3S. The van der Waals surface area contributed by atoms with Crippen LogP contribution in [0.25, 0.3) is 0 Å². The number of thiazole rings is 1. The highest BCUT2D eigenvalue weighted by molar-refractivity contribution is 7.13. The number of ether oxygens (including phenoxy) is 1. The van der Waals surface area contributed by atoms with Gasteiger partial charge in [0.1, 0.15) is 10.6 Å². The number of nitrogens with zero attached hydrogens (tertiary/aromatic N) is 1. The second-order valence-corrected chi connectivity index (χ2v) is 6.65. The SMILES string of the molecule is COc1ccc([C@H](O)CNC(=O)c2sc(C(C)C)nc2C)cc1. The van der Waals surface area contributed by atoms with Gasteiger partial charge in [-0.25, -0.2) is 4.98 Å². The minimum atomic E-state index is -0.761. The molecule has 0 aliphatic rings. The van der Waals surface area contributed by atoms with Crippen LogP contribution in [0.2, 0.25) is 0 Å². The van der Waals surface area contributed by atoms with E-state index >= 15 is 0 Å². The molecule has 1 atom stereocenters. The molecule has 1 heterocycles. The topological polar surface area (TPSA) is 71.5 Å². The maximum atomic E-state index is 12.3. The van der Waals surface area contributed by atoms with Crippen molar-refractivity contribution in [1.82, 2.24) is 10.3 Å². The number of aliphatic hydroxyl groups is 1. The van der Waals surface area contributed by atoms with Crippen LogP contribution in [-0.2, 0) is 0 Å². The normalized spacial score (nSPS) is 12.3. The molecule has 0 spiro atoms. The quantitative estimate of drug-likeness (QED) is 0.852. The van der Waals surface area contributed by atoms with Crippen LogP contribution in [0.4, 0.5) is 0 Å². The molecule has 23 heavy (non-hydrogen) atoms. The lowest BCUT2D eigenvalue weighted by Crippen LogP contribution is -2.28. The third-order valence-electron chi connectivity index (χ3n) is 3.47. The molecule has 0 unspecified atom stereocenters. The predicted octanol–water partition coefficient (Wildman–Crippen LogP) is 3.05. The van der Waals surface area contributed by atoms with Crippen LogP contribution in [-0.4, -0.2) is 29.7 Å². The average molecular weight is 334 g/mol. The number of nitrogens with one attached hydrogen (secondary N) is 1. The zero-order chi connectivity index (χ0) is 17.0. The van der Waals surface area contributed by atoms with Crippen LogP contribution >= 0.6 is 11.3 Å². The fraction of sp³-hybridized carbons (Fsp3) is 0.412. The number of rotatable bonds is 6. The second kappa shape index (κ2) is 7.57. The Labute approximate surface area is 140 Å². The number of aromatic nitrogens is 1. The summed E-state index contributed by atoms with van der Waals surface area (Å²) in [6, 6.07) is 7.13. The molecule has 1 amide bonds. The molecule has 2 rings (SSSR count). The van der Waals surface area contributed by atoms with Crippen molar-refractivity contribution in [3.05, 3.63) is 45.4 Å². The second-order valence-electron chi connectivity index (χ2n) is 5.62. The lowest BCUT2D eigenvalue weighted by molar-refractivity contribution is 0.0919. The Kier molecular flexibility index (Phi) is 5.74. The van der Waals surface area contributed by atoms with Gasteiger partial charge in [-0.3, -0.25) is 4.79 Å². The largest absolute Gasteiger partial charge is 0.497 e. The molecule has 0 bridgehead atoms. The van der Waals surface area contributed by atoms with Crippen LogP contribution < -0.4 is 10.1 Å². The standard InChI is InChI=1S/C17H22N2O3S/c1-10(2)17-19-11(3)15(23-17)16(21)18-9-14(20)12-5-7-13(22-4)8-6-12/h5-8,10,14,20H,9H2,1-4H3,(H,18,21)/t14-/m1/s1. The number of hydrogen-bond donors (Lipinski definition) is 2. The van der Waals surface area contributed by atoms with E-state index < -0.39 is 6.10 Å². The van der Waals surface area contributed by atoms with Crippen molar-refractivity contribution in [3.8, 4) is 5.75 Å². The fourth-order valence-electron chi connectivity index (χ4n) is 2.09. The summed E-state index contributed by atoms with van der Waals surface area (Å²) in [6.07, 6.45) is -0.761. The van der Waals surface area contributed by atoms with Crippen LogP contribution in [0.3, 0.4) is 0 Å². The summed E-state index contributed by atoms with van der Waals surface area (Å²) >= 11 is 1.41. The molecule has 2 aromatic rings. The van der Waals surface area contributed by atoms with E-state index in [1.54, 1.807) is 31.4 Å². The number of benzene rings is 1. The number of amides is 1. The molecule has 1 aromatic heterocycles. The zero-order valence-electron chi connectivity index (χ0n) is 13.8. The van der Waals surface area contributed by atoms with Crippen molar-refractivity contribution in [1.29, 1.82) is 0 Å². The van der Waals surface area contributed by atoms with E-state index in [9.17, 15) is 9.90 Å². The molecule has 0 aliphatic heterocycles. The molecule has 0 radical (unpaired) electrons. The highest BCUT2D eigenvalue weighted by Crippen LogP contribution is 2.24. The Morgan fingerprint density at radius 1 is 1.35 bits per heavy atom. The number of carbonyl (C=O) groups is 1. The van der Waals surface area contributed by atoms with Crippen molar-refractivity contribution < 1.29 is 14.6 Å². The Balaban J connectivity index is 1.97. The molecule has 1 aromatic carbocycles. The van der Waals surface area contributed by atoms with Crippen LogP contribution in [0, 0.1) is 6.92 Å². The molecule has 0 saturated carbocycles. The molecule has 0 saturated heterocycles. The van der Waals surface area contributed by atoms with E-state index in [1.165, 1.54) is 11.3 Å². The third kappa shape index (κ3) is 4.30. The number of hydrogen-bond acceptors (Lipinski definition) is 5. The lowest BCUT2D eigenvalue weighted by Gasteiger charge is -2.12. The fourth-order valence-corrected chi connectivity index (χ4v) is 3.07. The van der Waals surface area contributed by atoms with E-state index in [1.807, 2.05) is 20.8 Å². The molecule has 0 aliphatic carbocycles. The minimum Gasteiger partial charge on any atom is -0.497 e. The summed E-state index contributed by atoms with van der Waals surface area (Å²) in [5.41, 5.74) is 1.46. The van der Waals surface area contributed by atoms with E-state index in [2.05, 4.69) is 10.3 Å². The van der Waals surface area contributed by atoms with Crippen LogP contribution in [0.15, 0.2) is 24.3 Å². The van der Waals surface area contributed by atoms with Crippen molar-refractivity contribution >= 4 is 17.2 Å². The van der Waals surface area contributed by atoms with E-state index in [-0.39, 0.29) is 12.5 Å². The van der Waals surface area contributed by atoms with Gasteiger partial charge < -0.3 is 15.2 Å². The smallest absolute Gasteiger partial charge is 0.263 e. The van der Waals surface area contributed by atoms with E-state index in [0.29, 0.717) is 10.8 Å². The predicted molar refractivity (Wildman–Crippen MR) is 91.2 cm³/mol. The zero-order valence-corrected chi connectivity index (χ0v) is 14.6. The Bertz CT molecular complexity index is 665. The average Bonchev–Trinajstić information content (AvgIpc) is 2.94. The van der Waals surface area contributed by atoms with Gasteiger partial charge in [0.25, 0.3) is 5.91 Å². The van der Waals surface area contributed by atoms with Crippen molar-refractivity contribution in [2.24, 2.45) is 0 Å². The van der Waals surface area contributed by atoms with Crippen molar-refractivity contribution in [3.63, 3.8) is 0 Å². The summed E-state index contributed by atoms with van der Waals surface area (Å²) in [5.74, 6) is 0.830. The first-order valence-corrected chi connectivity index (χ1v) is 8.31. The third-order valence-corrected chi connectivity index (χ3v) is 4.93. The lowest BCUT2D eigenvalue weighted by atomic mass is 10.1. The van der Waals surface area contributed by atoms with Crippen LogP contribution in [0.5, 0.6) is 5.75 Å². The molecule has 2 N–H and O–H groups in total. The summed E-state index contributed by atoms with van der Waals surface area (Å²) in [7, 11) is 1.59. The van der Waals surface area contributed by atoms with Crippen molar-refractivity contribution in [2.75, 3.05) is 13.7 Å². The molecule has 0 fully saturated rings. The summed E-state index contributed by atoms with van der Waals surface area (Å²) < 4.78 is 5.08. The Morgan fingerprint density at radius 3 is 2.52 bits per heavy atom. The van der Waals surface area contributed by atoms with Gasteiger partial charge in [-0.05, 0) is 24.6 Å². The number of carbonyl (C=O) groups excluding carboxylic acids is 1. The summed E-state index contributed by atoms with van der Waals surface area (Å²) in [6.45, 7) is 6.08. The molecule has 5 nitrogen and oxygen atoms in total. The van der Waals surface area contributed by atoms with Crippen LogP contribution in [0.1, 0.15) is 51.8 Å². The summed E-state index contributed by atoms with van der Waals surface area (Å²) in [4.78, 5) is 17.3. The van der Waals surface area contributed by atoms with Gasteiger partial charge in [0.2, 0.25) is 0 Å². The summed E-state index contributed by atoms with van der Waals surface area (Å²) in [5, 5.41) is 13.9. The maximum Gasteiger partial charge on any atom is 0.263 e. The van der Waals surface area contributed by atoms with E-state index in [4.69, 9.17) is 4.74 Å². The molecular weight excluding hydrogens is 312 g/mol. The Hall–Kier alpha value is -1.92. The first kappa shape index (κ1) is 17.4. The number of methoxy groups -OCH3 is 1. The highest BCUT2D eigenvalue weighted by atomic mass is 32.1. The van der Waals surface area contributed by atoms with Gasteiger partial charge in [0, 0.05) is 12.5 Å². The first-order chi connectivity index (χ1) is 10.9. The minimum absolute atomic E-state index is 0.152. The molecule has 6 heteroatoms. The van der Waals surface area contributed by atoms with Gasteiger partial charge >= 0.3 is 0 Å². The van der Waals surface area contributed by atoms with Gasteiger partial charge in [-0.15, -0.1) is 11.3 Å². The monoisotopic (exact) mass is 334 g/mol. The van der Waals surface area contributed by atoms with E-state index in [0.717, 1.165) is 22.0 Å². The van der Waals surface area contributed by atoms with Gasteiger partial charge in [0.15, 0.2) is 0 Å². The molecule has 124 valence electrons. The highest BCUT2D eigenvalue weighted by Gasteiger charge is 2.18. The van der Waals surface area contributed by atoms with Crippen molar-refractivity contribution in [2.45, 2.75) is 32.8 Å². The number of aryl methyl sites for hydroxylation is 1.